The number of rotatable bonds is 4. The van der Waals surface area contributed by atoms with Gasteiger partial charge in [-0.1, -0.05) is 6.07 Å². The van der Waals surface area contributed by atoms with Gasteiger partial charge in [0.25, 0.3) is 0 Å². The van der Waals surface area contributed by atoms with Crippen molar-refractivity contribution in [2.45, 2.75) is 19.8 Å². The second-order valence-corrected chi connectivity index (χ2v) is 4.67. The van der Waals surface area contributed by atoms with Gasteiger partial charge < -0.3 is 10.2 Å². The largest absolute Gasteiger partial charge is 0.441 e. The number of aryl methyl sites for hydroxylation is 2. The fourth-order valence-electron chi connectivity index (χ4n) is 2.14. The van der Waals surface area contributed by atoms with Crippen molar-refractivity contribution >= 4 is 11.1 Å². The summed E-state index contributed by atoms with van der Waals surface area (Å²) < 4.78 is 5.55. The molecule has 0 aliphatic rings. The normalized spacial score (nSPS) is 11.1. The molecule has 0 spiro atoms. The van der Waals surface area contributed by atoms with Crippen LogP contribution in [-0.2, 0) is 6.42 Å². The average Bonchev–Trinajstić information content (AvgIpc) is 2.84. The van der Waals surface area contributed by atoms with Gasteiger partial charge in [-0.3, -0.25) is 0 Å². The van der Waals surface area contributed by atoms with Gasteiger partial charge in [0.05, 0.1) is 5.69 Å². The monoisotopic (exact) mass is 268 g/mol. The van der Waals surface area contributed by atoms with Crippen molar-refractivity contribution in [3.05, 3.63) is 42.2 Å². The van der Waals surface area contributed by atoms with Gasteiger partial charge in [-0.15, -0.1) is 0 Å². The first-order valence-electron chi connectivity index (χ1n) is 6.66. The minimum absolute atomic E-state index is 0.650. The lowest BCUT2D eigenvalue weighted by Crippen LogP contribution is -2.03. The second kappa shape index (κ2) is 5.38. The Kier molecular flexibility index (Phi) is 3.43. The summed E-state index contributed by atoms with van der Waals surface area (Å²) in [6.07, 6.45) is 3.47. The maximum atomic E-state index is 5.55. The van der Waals surface area contributed by atoms with Crippen molar-refractivity contribution in [2.24, 2.45) is 5.73 Å². The van der Waals surface area contributed by atoms with E-state index in [-0.39, 0.29) is 0 Å². The molecule has 20 heavy (non-hydrogen) atoms. The molecule has 0 unspecified atom stereocenters. The molecule has 5 heteroatoms. The maximum Gasteiger partial charge on any atom is 0.192 e. The molecule has 3 aromatic rings. The molecule has 2 aromatic heterocycles. The van der Waals surface area contributed by atoms with Gasteiger partial charge in [-0.2, -0.15) is 0 Å². The van der Waals surface area contributed by atoms with Crippen LogP contribution in [0.1, 0.15) is 18.1 Å². The van der Waals surface area contributed by atoms with E-state index in [0.717, 1.165) is 41.0 Å². The third-order valence-corrected chi connectivity index (χ3v) is 3.10. The van der Waals surface area contributed by atoms with Crippen molar-refractivity contribution in [2.75, 3.05) is 6.54 Å². The Balaban J connectivity index is 1.97. The number of hydrogen-bond donors (Lipinski definition) is 1. The second-order valence-electron chi connectivity index (χ2n) is 4.67. The molecule has 1 aromatic carbocycles. The lowest BCUT2D eigenvalue weighted by Gasteiger charge is -2.03. The summed E-state index contributed by atoms with van der Waals surface area (Å²) in [6.45, 7) is 2.49. The van der Waals surface area contributed by atoms with E-state index in [2.05, 4.69) is 15.0 Å². The van der Waals surface area contributed by atoms with E-state index < -0.39 is 0 Å². The molecule has 0 radical (unpaired) electrons. The molecule has 3 rings (SSSR count). The first-order valence-corrected chi connectivity index (χ1v) is 6.66. The maximum absolute atomic E-state index is 5.55. The van der Waals surface area contributed by atoms with Crippen molar-refractivity contribution in [3.63, 3.8) is 0 Å². The molecular formula is C15H16N4O. The Morgan fingerprint density at radius 2 is 2.10 bits per heavy atom. The lowest BCUT2D eigenvalue weighted by atomic mass is 10.1. The highest BCUT2D eigenvalue weighted by Gasteiger charge is 2.07. The SMILES string of the molecule is Cc1nc2ccc(-c3ccnc(CCCN)n3)cc2o1. The van der Waals surface area contributed by atoms with Crippen molar-refractivity contribution in [3.8, 4) is 11.3 Å². The van der Waals surface area contributed by atoms with Crippen molar-refractivity contribution < 1.29 is 4.42 Å². The Hall–Kier alpha value is -2.27. The van der Waals surface area contributed by atoms with Crippen LogP contribution in [0.15, 0.2) is 34.9 Å². The molecule has 2 heterocycles. The number of aromatic nitrogens is 3. The van der Waals surface area contributed by atoms with Crippen LogP contribution in [-0.4, -0.2) is 21.5 Å². The van der Waals surface area contributed by atoms with Gasteiger partial charge in [0.1, 0.15) is 11.3 Å². The number of hydrogen-bond acceptors (Lipinski definition) is 5. The van der Waals surface area contributed by atoms with Gasteiger partial charge in [0.15, 0.2) is 11.5 Å². The fourth-order valence-corrected chi connectivity index (χ4v) is 2.14. The van der Waals surface area contributed by atoms with E-state index >= 15 is 0 Å². The number of benzene rings is 1. The molecule has 0 saturated carbocycles. The number of nitrogens with zero attached hydrogens (tertiary/aromatic N) is 3. The first-order chi connectivity index (χ1) is 9.76. The molecule has 0 saturated heterocycles. The molecule has 102 valence electrons. The van der Waals surface area contributed by atoms with Gasteiger partial charge >= 0.3 is 0 Å². The molecule has 0 fully saturated rings. The summed E-state index contributed by atoms with van der Waals surface area (Å²) >= 11 is 0. The Bertz CT molecular complexity index is 736. The number of oxazole rings is 1. The Labute approximate surface area is 116 Å². The predicted molar refractivity (Wildman–Crippen MR) is 77.1 cm³/mol. The number of fused-ring (bicyclic) bond motifs is 1. The zero-order valence-corrected chi connectivity index (χ0v) is 11.3. The van der Waals surface area contributed by atoms with Crippen LogP contribution >= 0.6 is 0 Å². The Morgan fingerprint density at radius 1 is 1.20 bits per heavy atom. The van der Waals surface area contributed by atoms with E-state index in [1.807, 2.05) is 31.2 Å². The highest BCUT2D eigenvalue weighted by molar-refractivity contribution is 5.79. The van der Waals surface area contributed by atoms with Gasteiger partial charge in [0, 0.05) is 25.1 Å². The van der Waals surface area contributed by atoms with Crippen molar-refractivity contribution in [1.29, 1.82) is 0 Å². The molecular weight excluding hydrogens is 252 g/mol. The summed E-state index contributed by atoms with van der Waals surface area (Å²) in [6, 6.07) is 7.81. The zero-order chi connectivity index (χ0) is 13.9. The summed E-state index contributed by atoms with van der Waals surface area (Å²) in [5.41, 5.74) is 9.06. The minimum atomic E-state index is 0.650. The molecule has 0 aliphatic carbocycles. The summed E-state index contributed by atoms with van der Waals surface area (Å²) in [7, 11) is 0. The summed E-state index contributed by atoms with van der Waals surface area (Å²) in [5, 5.41) is 0. The van der Waals surface area contributed by atoms with E-state index in [0.29, 0.717) is 12.4 Å². The van der Waals surface area contributed by atoms with E-state index in [1.165, 1.54) is 0 Å². The molecule has 2 N–H and O–H groups in total. The first kappa shape index (κ1) is 12.7. The van der Waals surface area contributed by atoms with Gasteiger partial charge in [-0.05, 0) is 31.2 Å². The van der Waals surface area contributed by atoms with Crippen LogP contribution in [0.4, 0.5) is 0 Å². The quantitative estimate of drug-likeness (QED) is 0.786. The third kappa shape index (κ3) is 2.53. The highest BCUT2D eigenvalue weighted by Crippen LogP contribution is 2.23. The summed E-state index contributed by atoms with van der Waals surface area (Å²) in [4.78, 5) is 13.1. The summed E-state index contributed by atoms with van der Waals surface area (Å²) in [5.74, 6) is 1.49. The van der Waals surface area contributed by atoms with Gasteiger partial charge in [0.2, 0.25) is 0 Å². The minimum Gasteiger partial charge on any atom is -0.441 e. The fraction of sp³-hybridized carbons (Fsp3) is 0.267. The van der Waals surface area contributed by atoms with Gasteiger partial charge in [-0.25, -0.2) is 15.0 Å². The van der Waals surface area contributed by atoms with E-state index in [4.69, 9.17) is 10.2 Å². The molecule has 0 bridgehead atoms. The standard InChI is InChI=1S/C15H16N4O/c1-10-18-13-5-4-11(9-14(13)20-10)12-6-8-17-15(19-12)3-2-7-16/h4-6,8-9H,2-3,7,16H2,1H3. The van der Waals surface area contributed by atoms with Crippen LogP contribution < -0.4 is 5.73 Å². The topological polar surface area (TPSA) is 77.8 Å². The molecule has 5 nitrogen and oxygen atoms in total. The lowest BCUT2D eigenvalue weighted by molar-refractivity contribution is 0.561. The predicted octanol–water partition coefficient (Wildman–Crippen LogP) is 2.48. The van der Waals surface area contributed by atoms with E-state index in [1.54, 1.807) is 6.20 Å². The van der Waals surface area contributed by atoms with Crippen LogP contribution in [0, 0.1) is 6.92 Å². The smallest absolute Gasteiger partial charge is 0.192 e. The number of nitrogens with two attached hydrogens (primary N) is 1. The van der Waals surface area contributed by atoms with Crippen LogP contribution in [0.2, 0.25) is 0 Å². The molecule has 0 amide bonds. The highest BCUT2D eigenvalue weighted by atomic mass is 16.3. The van der Waals surface area contributed by atoms with E-state index in [9.17, 15) is 0 Å². The van der Waals surface area contributed by atoms with Crippen molar-refractivity contribution in [1.82, 2.24) is 15.0 Å². The Morgan fingerprint density at radius 3 is 2.95 bits per heavy atom. The zero-order valence-electron chi connectivity index (χ0n) is 11.3. The van der Waals surface area contributed by atoms with Crippen LogP contribution in [0.25, 0.3) is 22.4 Å². The average molecular weight is 268 g/mol. The van der Waals surface area contributed by atoms with Crippen LogP contribution in [0.5, 0.6) is 0 Å². The molecule has 0 atom stereocenters. The molecule has 0 aliphatic heterocycles. The third-order valence-electron chi connectivity index (χ3n) is 3.10. The van der Waals surface area contributed by atoms with Crippen LogP contribution in [0.3, 0.4) is 0 Å².